The van der Waals surface area contributed by atoms with Crippen LogP contribution in [0.5, 0.6) is 0 Å². The lowest BCUT2D eigenvalue weighted by molar-refractivity contribution is 0.0931. The molecule has 0 amide bonds. The van der Waals surface area contributed by atoms with E-state index in [4.69, 9.17) is 4.98 Å². The summed E-state index contributed by atoms with van der Waals surface area (Å²) in [5.41, 5.74) is 4.81. The third-order valence-electron chi connectivity index (χ3n) is 5.56. The van der Waals surface area contributed by atoms with Gasteiger partial charge in [-0.3, -0.25) is 5.10 Å². The van der Waals surface area contributed by atoms with Gasteiger partial charge < -0.3 is 14.8 Å². The number of imidazole rings is 1. The molecule has 24 heavy (non-hydrogen) atoms. The van der Waals surface area contributed by atoms with Gasteiger partial charge >= 0.3 is 0 Å². The number of aromatic amines is 1. The van der Waals surface area contributed by atoms with E-state index in [0.29, 0.717) is 12.0 Å². The monoisotopic (exact) mass is 322 g/mol. The molecule has 1 fully saturated rings. The largest absolute Gasteiger partial charge is 0.323 e. The molecule has 0 spiro atoms. The molecule has 2 aromatic heterocycles. The quantitative estimate of drug-likeness (QED) is 0.776. The Morgan fingerprint density at radius 3 is 2.96 bits per heavy atom. The van der Waals surface area contributed by atoms with Crippen LogP contribution in [-0.2, 0) is 13.1 Å². The molecule has 2 N–H and O–H groups in total. The Bertz CT molecular complexity index is 902. The molecule has 3 aromatic rings. The number of nitrogens with zero attached hydrogens (tertiary/aromatic N) is 4. The van der Waals surface area contributed by atoms with Gasteiger partial charge in [0.2, 0.25) is 0 Å². The average Bonchev–Trinajstić information content (AvgIpc) is 3.24. The predicted molar refractivity (Wildman–Crippen MR) is 93.6 cm³/mol. The van der Waals surface area contributed by atoms with Crippen LogP contribution in [0.2, 0.25) is 0 Å². The van der Waals surface area contributed by atoms with Crippen LogP contribution in [0, 0.1) is 5.92 Å². The van der Waals surface area contributed by atoms with Crippen LogP contribution >= 0.6 is 0 Å². The second-order valence-electron chi connectivity index (χ2n) is 7.20. The van der Waals surface area contributed by atoms with Gasteiger partial charge in [-0.2, -0.15) is 5.10 Å². The topological polar surface area (TPSA) is 61.8 Å². The first-order valence-corrected chi connectivity index (χ1v) is 8.63. The molecule has 124 valence electrons. The highest BCUT2D eigenvalue weighted by atomic mass is 15.2. The summed E-state index contributed by atoms with van der Waals surface area (Å²) < 4.78 is 2.48. The summed E-state index contributed by atoms with van der Waals surface area (Å²) in [5.74, 6) is 1.80. The molecule has 0 radical (unpaired) electrons. The van der Waals surface area contributed by atoms with Gasteiger partial charge in [0.05, 0.1) is 23.1 Å². The molecule has 6 nitrogen and oxygen atoms in total. The van der Waals surface area contributed by atoms with Crippen molar-refractivity contribution < 1.29 is 0 Å². The van der Waals surface area contributed by atoms with Crippen molar-refractivity contribution in [2.24, 2.45) is 5.92 Å². The van der Waals surface area contributed by atoms with Gasteiger partial charge in [0, 0.05) is 49.1 Å². The van der Waals surface area contributed by atoms with Gasteiger partial charge in [-0.25, -0.2) is 4.98 Å². The van der Waals surface area contributed by atoms with Crippen molar-refractivity contribution in [2.45, 2.75) is 26.1 Å². The maximum Gasteiger partial charge on any atom is 0.140 e. The smallest absolute Gasteiger partial charge is 0.140 e. The highest BCUT2D eigenvalue weighted by molar-refractivity contribution is 5.83. The highest BCUT2D eigenvalue weighted by Gasteiger charge is 2.34. The van der Waals surface area contributed by atoms with Crippen molar-refractivity contribution in [2.75, 3.05) is 20.1 Å². The average molecular weight is 322 g/mol. The zero-order valence-electron chi connectivity index (χ0n) is 14.1. The minimum Gasteiger partial charge on any atom is -0.323 e. The summed E-state index contributed by atoms with van der Waals surface area (Å²) in [6, 6.07) is 6.91. The lowest BCUT2D eigenvalue weighted by Gasteiger charge is -2.41. The lowest BCUT2D eigenvalue weighted by atomic mass is 9.92. The summed E-state index contributed by atoms with van der Waals surface area (Å²) in [5, 5.41) is 11.7. The van der Waals surface area contributed by atoms with E-state index in [2.05, 4.69) is 57.2 Å². The maximum atomic E-state index is 4.99. The standard InChI is InChI=1S/C18H22N6/c1-11(14-9-23(2)10-14)24-17-8-19-7-16(17)21-18(24)12-3-4-15-13(5-12)6-20-22-15/h3-6,11,14,19H,7-10H2,1-2H3,(H,20,22). The van der Waals surface area contributed by atoms with Crippen LogP contribution in [0.25, 0.3) is 22.3 Å². The molecular weight excluding hydrogens is 300 g/mol. The predicted octanol–water partition coefficient (Wildman–Crippen LogP) is 2.15. The van der Waals surface area contributed by atoms with Crippen LogP contribution < -0.4 is 5.32 Å². The van der Waals surface area contributed by atoms with Gasteiger partial charge in [0.1, 0.15) is 5.82 Å². The van der Waals surface area contributed by atoms with Gasteiger partial charge in [0.25, 0.3) is 0 Å². The summed E-state index contributed by atoms with van der Waals surface area (Å²) in [6.45, 7) is 6.48. The second-order valence-corrected chi connectivity index (χ2v) is 7.20. The summed E-state index contributed by atoms with van der Waals surface area (Å²) >= 11 is 0. The van der Waals surface area contributed by atoms with E-state index < -0.39 is 0 Å². The normalized spacial score (nSPS) is 19.6. The van der Waals surface area contributed by atoms with Crippen molar-refractivity contribution in [3.8, 4) is 11.4 Å². The van der Waals surface area contributed by atoms with Gasteiger partial charge in [-0.15, -0.1) is 0 Å². The first-order valence-electron chi connectivity index (χ1n) is 8.63. The fourth-order valence-electron chi connectivity index (χ4n) is 4.13. The van der Waals surface area contributed by atoms with Crippen LogP contribution in [-0.4, -0.2) is 44.8 Å². The maximum absolute atomic E-state index is 4.99. The minimum atomic E-state index is 0.465. The first kappa shape index (κ1) is 14.2. The van der Waals surface area contributed by atoms with E-state index in [-0.39, 0.29) is 0 Å². The Balaban J connectivity index is 1.62. The summed E-state index contributed by atoms with van der Waals surface area (Å²) in [4.78, 5) is 7.37. The molecule has 1 atom stereocenters. The third kappa shape index (κ3) is 2.03. The number of likely N-dealkylation sites (tertiary alicyclic amines) is 1. The van der Waals surface area contributed by atoms with Crippen molar-refractivity contribution in [1.29, 1.82) is 0 Å². The molecular formula is C18H22N6. The van der Waals surface area contributed by atoms with Crippen molar-refractivity contribution in [3.63, 3.8) is 0 Å². The number of rotatable bonds is 3. The molecule has 6 heteroatoms. The molecule has 4 heterocycles. The fourth-order valence-corrected chi connectivity index (χ4v) is 4.13. The van der Waals surface area contributed by atoms with E-state index in [1.807, 2.05) is 6.20 Å². The van der Waals surface area contributed by atoms with Crippen LogP contribution in [0.1, 0.15) is 24.4 Å². The van der Waals surface area contributed by atoms with E-state index in [9.17, 15) is 0 Å². The molecule has 1 saturated heterocycles. The van der Waals surface area contributed by atoms with E-state index in [1.165, 1.54) is 30.0 Å². The SMILES string of the molecule is CC(C1CN(C)C1)n1c(-c2ccc3[nH]ncc3c2)nc2c1CNC2. The Morgan fingerprint density at radius 1 is 1.25 bits per heavy atom. The van der Waals surface area contributed by atoms with E-state index >= 15 is 0 Å². The third-order valence-corrected chi connectivity index (χ3v) is 5.56. The number of benzene rings is 1. The Kier molecular flexibility index (Phi) is 3.05. The Labute approximate surface area is 140 Å². The van der Waals surface area contributed by atoms with Gasteiger partial charge in [-0.1, -0.05) is 0 Å². The Morgan fingerprint density at radius 2 is 2.12 bits per heavy atom. The van der Waals surface area contributed by atoms with Gasteiger partial charge in [0.15, 0.2) is 0 Å². The number of fused-ring (bicyclic) bond motifs is 2. The first-order chi connectivity index (χ1) is 11.7. The molecule has 2 aliphatic heterocycles. The highest BCUT2D eigenvalue weighted by Crippen LogP contribution is 2.35. The van der Waals surface area contributed by atoms with Crippen LogP contribution in [0.4, 0.5) is 0 Å². The zero-order valence-corrected chi connectivity index (χ0v) is 14.1. The molecule has 0 bridgehead atoms. The van der Waals surface area contributed by atoms with Crippen molar-refractivity contribution >= 4 is 10.9 Å². The van der Waals surface area contributed by atoms with Crippen molar-refractivity contribution in [1.82, 2.24) is 30.0 Å². The number of hydrogen-bond acceptors (Lipinski definition) is 4. The minimum absolute atomic E-state index is 0.465. The van der Waals surface area contributed by atoms with Gasteiger partial charge in [-0.05, 0) is 32.2 Å². The second kappa shape index (κ2) is 5.16. The Hall–Kier alpha value is -2.18. The molecule has 0 aliphatic carbocycles. The van der Waals surface area contributed by atoms with E-state index in [1.54, 1.807) is 0 Å². The zero-order chi connectivity index (χ0) is 16.3. The molecule has 1 aromatic carbocycles. The molecule has 2 aliphatic rings. The summed E-state index contributed by atoms with van der Waals surface area (Å²) in [6.07, 6.45) is 1.88. The summed E-state index contributed by atoms with van der Waals surface area (Å²) in [7, 11) is 2.19. The van der Waals surface area contributed by atoms with Crippen molar-refractivity contribution in [3.05, 3.63) is 35.8 Å². The fraction of sp³-hybridized carbons (Fsp3) is 0.444. The number of aromatic nitrogens is 4. The molecule has 1 unspecified atom stereocenters. The molecule has 0 saturated carbocycles. The number of H-pyrrole nitrogens is 1. The van der Waals surface area contributed by atoms with Crippen LogP contribution in [0.3, 0.4) is 0 Å². The lowest BCUT2D eigenvalue weighted by Crippen LogP contribution is -2.47. The number of hydrogen-bond donors (Lipinski definition) is 2. The number of nitrogens with one attached hydrogen (secondary N) is 2. The molecule has 5 rings (SSSR count). The van der Waals surface area contributed by atoms with Crippen LogP contribution in [0.15, 0.2) is 24.4 Å². The van der Waals surface area contributed by atoms with E-state index in [0.717, 1.165) is 29.8 Å².